The molecule has 0 unspecified atom stereocenters. The van der Waals surface area contributed by atoms with Gasteiger partial charge in [0.15, 0.2) is 6.61 Å². The Morgan fingerprint density at radius 1 is 1.41 bits per heavy atom. The summed E-state index contributed by atoms with van der Waals surface area (Å²) in [6, 6.07) is 0. The largest absolute Gasteiger partial charge is 0.465 e. The number of carbonyl (C=O) groups is 1. The smallest absolute Gasteiger partial charge is 0.338 e. The first-order chi connectivity index (χ1) is 10.6. The van der Waals surface area contributed by atoms with Crippen molar-refractivity contribution < 1.29 is 19.2 Å². The van der Waals surface area contributed by atoms with Gasteiger partial charge in [-0.1, -0.05) is 16.4 Å². The number of aromatic nitrogens is 2. The van der Waals surface area contributed by atoms with Crippen LogP contribution in [-0.4, -0.2) is 42.1 Å². The van der Waals surface area contributed by atoms with Gasteiger partial charge in [0.05, 0.1) is 30.3 Å². The minimum absolute atomic E-state index is 0.0738. The Kier molecular flexibility index (Phi) is 7.24. The normalized spacial score (nSPS) is 12.4. The highest BCUT2D eigenvalue weighted by atomic mass is 16.6. The highest BCUT2D eigenvalue weighted by Crippen LogP contribution is 2.18. The monoisotopic (exact) mass is 306 g/mol. The van der Waals surface area contributed by atoms with Crippen LogP contribution in [0.1, 0.15) is 25.1 Å². The number of methoxy groups -OCH3 is 1. The molecule has 0 spiro atoms. The third-order valence-electron chi connectivity index (χ3n) is 2.53. The molecule has 1 rings (SSSR count). The fourth-order valence-electron chi connectivity index (χ4n) is 1.54. The number of esters is 1. The molecule has 0 saturated carbocycles. The van der Waals surface area contributed by atoms with Gasteiger partial charge in [0.1, 0.15) is 13.4 Å². The standard InChI is InChI=1S/C14H18N4O4/c1-5-11(14(19)20-3)12-7-15-9-16-13(12)8-22-18-10(2)6-17-21-4/h5-7,9H,8H2,1-4H3/b11-5+,17-6?,18-10+. The molecule has 0 saturated heterocycles. The van der Waals surface area contributed by atoms with Crippen molar-refractivity contribution in [3.8, 4) is 0 Å². The van der Waals surface area contributed by atoms with Gasteiger partial charge in [-0.25, -0.2) is 14.8 Å². The molecule has 0 atom stereocenters. The number of rotatable bonds is 7. The molecule has 0 aliphatic rings. The lowest BCUT2D eigenvalue weighted by atomic mass is 10.1. The van der Waals surface area contributed by atoms with Crippen molar-refractivity contribution in [1.82, 2.24) is 9.97 Å². The van der Waals surface area contributed by atoms with Crippen molar-refractivity contribution in [2.75, 3.05) is 14.2 Å². The molecule has 0 aliphatic carbocycles. The number of oxime groups is 2. The van der Waals surface area contributed by atoms with Gasteiger partial charge in [-0.3, -0.25) is 0 Å². The lowest BCUT2D eigenvalue weighted by Crippen LogP contribution is -2.08. The first-order valence-electron chi connectivity index (χ1n) is 6.41. The van der Waals surface area contributed by atoms with Crippen LogP contribution in [0.25, 0.3) is 5.57 Å². The molecular formula is C14H18N4O4. The lowest BCUT2D eigenvalue weighted by Gasteiger charge is -2.09. The van der Waals surface area contributed by atoms with Crippen LogP contribution >= 0.6 is 0 Å². The van der Waals surface area contributed by atoms with Crippen molar-refractivity contribution in [3.63, 3.8) is 0 Å². The Bertz CT molecular complexity index is 596. The molecule has 8 heteroatoms. The van der Waals surface area contributed by atoms with E-state index in [0.717, 1.165) is 0 Å². The predicted octanol–water partition coefficient (Wildman–Crippen LogP) is 1.58. The maximum absolute atomic E-state index is 11.8. The molecule has 0 N–H and O–H groups in total. The summed E-state index contributed by atoms with van der Waals surface area (Å²) in [5, 5.41) is 7.40. The Morgan fingerprint density at radius 2 is 2.18 bits per heavy atom. The van der Waals surface area contributed by atoms with Crippen molar-refractivity contribution in [3.05, 3.63) is 29.9 Å². The number of ether oxygens (including phenoxy) is 1. The minimum atomic E-state index is -0.467. The summed E-state index contributed by atoms with van der Waals surface area (Å²) < 4.78 is 4.74. The topological polar surface area (TPSA) is 95.3 Å². The molecule has 1 aromatic heterocycles. The van der Waals surface area contributed by atoms with E-state index in [4.69, 9.17) is 9.57 Å². The van der Waals surface area contributed by atoms with E-state index in [0.29, 0.717) is 22.5 Å². The highest BCUT2D eigenvalue weighted by Gasteiger charge is 2.16. The van der Waals surface area contributed by atoms with E-state index in [1.807, 2.05) is 0 Å². The van der Waals surface area contributed by atoms with E-state index in [9.17, 15) is 4.79 Å². The van der Waals surface area contributed by atoms with Gasteiger partial charge < -0.3 is 14.4 Å². The number of carbonyl (C=O) groups excluding carboxylic acids is 1. The van der Waals surface area contributed by atoms with Gasteiger partial charge in [0.2, 0.25) is 0 Å². The van der Waals surface area contributed by atoms with E-state index in [1.165, 1.54) is 33.0 Å². The summed E-state index contributed by atoms with van der Waals surface area (Å²) in [6.07, 6.45) is 5.94. The Hall–Kier alpha value is -2.77. The average Bonchev–Trinajstić information content (AvgIpc) is 2.54. The molecule has 0 aromatic carbocycles. The van der Waals surface area contributed by atoms with Gasteiger partial charge in [0.25, 0.3) is 0 Å². The summed E-state index contributed by atoms with van der Waals surface area (Å²) in [5.74, 6) is -0.467. The van der Waals surface area contributed by atoms with Crippen LogP contribution in [0, 0.1) is 0 Å². The second-order valence-electron chi connectivity index (χ2n) is 4.00. The van der Waals surface area contributed by atoms with Gasteiger partial charge >= 0.3 is 5.97 Å². The highest BCUT2D eigenvalue weighted by molar-refractivity contribution is 6.29. The second-order valence-corrected chi connectivity index (χ2v) is 4.00. The average molecular weight is 306 g/mol. The van der Waals surface area contributed by atoms with Crippen molar-refractivity contribution >= 4 is 23.5 Å². The molecule has 0 radical (unpaired) electrons. The molecule has 8 nitrogen and oxygen atoms in total. The van der Waals surface area contributed by atoms with Crippen LogP contribution in [0.3, 0.4) is 0 Å². The molecule has 0 amide bonds. The van der Waals surface area contributed by atoms with E-state index in [1.54, 1.807) is 19.9 Å². The summed E-state index contributed by atoms with van der Waals surface area (Å²) in [4.78, 5) is 29.5. The molecular weight excluding hydrogens is 288 g/mol. The number of hydrogen-bond acceptors (Lipinski definition) is 8. The van der Waals surface area contributed by atoms with Crippen molar-refractivity contribution in [1.29, 1.82) is 0 Å². The van der Waals surface area contributed by atoms with E-state index in [2.05, 4.69) is 25.1 Å². The van der Waals surface area contributed by atoms with Gasteiger partial charge in [-0.15, -0.1) is 0 Å². The first kappa shape index (κ1) is 17.3. The fraction of sp³-hybridized carbons (Fsp3) is 0.357. The van der Waals surface area contributed by atoms with Crippen LogP contribution in [0.5, 0.6) is 0 Å². The predicted molar refractivity (Wildman–Crippen MR) is 81.1 cm³/mol. The van der Waals surface area contributed by atoms with Gasteiger partial charge in [-0.05, 0) is 13.8 Å². The van der Waals surface area contributed by atoms with E-state index >= 15 is 0 Å². The molecule has 0 aliphatic heterocycles. The van der Waals surface area contributed by atoms with Crippen LogP contribution in [0.15, 0.2) is 28.9 Å². The summed E-state index contributed by atoms with van der Waals surface area (Å²) >= 11 is 0. The van der Waals surface area contributed by atoms with Crippen molar-refractivity contribution in [2.45, 2.75) is 20.5 Å². The molecule has 118 valence electrons. The molecule has 1 heterocycles. The zero-order valence-corrected chi connectivity index (χ0v) is 12.9. The maximum Gasteiger partial charge on any atom is 0.338 e. The molecule has 22 heavy (non-hydrogen) atoms. The molecule has 0 bridgehead atoms. The summed E-state index contributed by atoms with van der Waals surface area (Å²) in [6.45, 7) is 3.51. The number of hydrogen-bond donors (Lipinski definition) is 0. The first-order valence-corrected chi connectivity index (χ1v) is 6.41. The maximum atomic E-state index is 11.8. The number of allylic oxidation sites excluding steroid dienone is 1. The Labute approximate surface area is 128 Å². The van der Waals surface area contributed by atoms with Crippen LogP contribution < -0.4 is 0 Å². The van der Waals surface area contributed by atoms with Crippen LogP contribution in [-0.2, 0) is 25.8 Å². The third-order valence-corrected chi connectivity index (χ3v) is 2.53. The third kappa shape index (κ3) is 4.97. The van der Waals surface area contributed by atoms with Crippen LogP contribution in [0.4, 0.5) is 0 Å². The Morgan fingerprint density at radius 3 is 2.82 bits per heavy atom. The second kappa shape index (κ2) is 9.22. The SMILES string of the molecule is C/C=C(/C(=O)OC)c1cncnc1CO/N=C(\C)C=NOC. The van der Waals surface area contributed by atoms with Gasteiger partial charge in [0, 0.05) is 11.8 Å². The molecule has 0 fully saturated rings. The van der Waals surface area contributed by atoms with E-state index in [-0.39, 0.29) is 6.61 Å². The van der Waals surface area contributed by atoms with E-state index < -0.39 is 5.97 Å². The summed E-state index contributed by atoms with van der Waals surface area (Å²) in [5.41, 5.74) is 1.95. The van der Waals surface area contributed by atoms with Gasteiger partial charge in [-0.2, -0.15) is 0 Å². The van der Waals surface area contributed by atoms with Crippen molar-refractivity contribution in [2.24, 2.45) is 10.3 Å². The minimum Gasteiger partial charge on any atom is -0.465 e. The zero-order chi connectivity index (χ0) is 16.4. The van der Waals surface area contributed by atoms with Crippen LogP contribution in [0.2, 0.25) is 0 Å². The fourth-order valence-corrected chi connectivity index (χ4v) is 1.54. The number of nitrogens with zero attached hydrogens (tertiary/aromatic N) is 4. The molecule has 1 aromatic rings. The lowest BCUT2D eigenvalue weighted by molar-refractivity contribution is -0.133. The quantitative estimate of drug-likeness (QED) is 0.328. The summed E-state index contributed by atoms with van der Waals surface area (Å²) in [7, 11) is 2.75. The zero-order valence-electron chi connectivity index (χ0n) is 12.9. The Balaban J connectivity index is 2.89.